The number of nitrogens with zero attached hydrogens (tertiary/aromatic N) is 3. The lowest BCUT2D eigenvalue weighted by atomic mass is 10.1. The van der Waals surface area contributed by atoms with E-state index in [1.54, 1.807) is 0 Å². The van der Waals surface area contributed by atoms with Crippen LogP contribution >= 0.6 is 0 Å². The molecule has 100 valence electrons. The minimum atomic E-state index is 0.0273. The van der Waals surface area contributed by atoms with Gasteiger partial charge >= 0.3 is 0 Å². The van der Waals surface area contributed by atoms with Gasteiger partial charge in [-0.3, -0.25) is 15.1 Å². The maximum Gasteiger partial charge on any atom is 0.108 e. The predicted molar refractivity (Wildman–Crippen MR) is 71.2 cm³/mol. The molecule has 4 nitrogen and oxygen atoms in total. The van der Waals surface area contributed by atoms with Gasteiger partial charge in [-0.25, -0.2) is 0 Å². The average molecular weight is 248 g/mol. The average Bonchev–Trinajstić information content (AvgIpc) is 3.10. The fourth-order valence-electron chi connectivity index (χ4n) is 3.47. The first kappa shape index (κ1) is 12.4. The quantitative estimate of drug-likeness (QED) is 0.799. The molecule has 3 atom stereocenters. The lowest BCUT2D eigenvalue weighted by Crippen LogP contribution is -2.44. The van der Waals surface area contributed by atoms with Gasteiger partial charge in [0, 0.05) is 31.2 Å². The van der Waals surface area contributed by atoms with Crippen LogP contribution in [0.2, 0.25) is 0 Å². The summed E-state index contributed by atoms with van der Waals surface area (Å²) in [6.45, 7) is 3.22. The van der Waals surface area contributed by atoms with E-state index in [2.05, 4.69) is 28.2 Å². The van der Waals surface area contributed by atoms with Crippen LogP contribution in [0.4, 0.5) is 0 Å². The van der Waals surface area contributed by atoms with E-state index in [1.165, 1.54) is 32.1 Å². The van der Waals surface area contributed by atoms with Crippen LogP contribution in [-0.4, -0.2) is 60.6 Å². The van der Waals surface area contributed by atoms with E-state index in [4.69, 9.17) is 0 Å². The summed E-state index contributed by atoms with van der Waals surface area (Å²) in [5.41, 5.74) is 0. The van der Waals surface area contributed by atoms with Crippen LogP contribution in [0.5, 0.6) is 0 Å². The van der Waals surface area contributed by atoms with Gasteiger partial charge in [0.25, 0.3) is 0 Å². The highest BCUT2D eigenvalue weighted by Crippen LogP contribution is 2.28. The lowest BCUT2D eigenvalue weighted by molar-refractivity contribution is 0.212. The molecular weight excluding hydrogens is 224 g/mol. The molecule has 2 aliphatic heterocycles. The van der Waals surface area contributed by atoms with E-state index >= 15 is 0 Å². The number of nitrogens with one attached hydrogen (secondary N) is 1. The second kappa shape index (κ2) is 5.16. The molecule has 1 saturated carbocycles. The van der Waals surface area contributed by atoms with Crippen molar-refractivity contribution in [1.82, 2.24) is 15.1 Å². The van der Waals surface area contributed by atoms with Gasteiger partial charge in [-0.2, -0.15) is 5.26 Å². The smallest absolute Gasteiger partial charge is 0.108 e. The summed E-state index contributed by atoms with van der Waals surface area (Å²) < 4.78 is 0. The Labute approximate surface area is 110 Å². The molecule has 0 amide bonds. The van der Waals surface area contributed by atoms with E-state index in [0.29, 0.717) is 6.04 Å². The van der Waals surface area contributed by atoms with Crippen molar-refractivity contribution in [3.8, 4) is 6.07 Å². The Morgan fingerprint density at radius 3 is 2.72 bits per heavy atom. The molecule has 1 N–H and O–H groups in total. The first-order valence-electron chi connectivity index (χ1n) is 7.36. The third-order valence-electron chi connectivity index (χ3n) is 4.84. The second-order valence-corrected chi connectivity index (χ2v) is 6.22. The zero-order valence-corrected chi connectivity index (χ0v) is 11.3. The maximum atomic E-state index is 9.24. The molecule has 0 aromatic carbocycles. The number of fused-ring (bicyclic) bond motifs is 2. The third kappa shape index (κ3) is 2.69. The number of likely N-dealkylation sites (N-methyl/N-ethyl adjacent to an activating group) is 1. The third-order valence-corrected chi connectivity index (χ3v) is 4.84. The summed E-state index contributed by atoms with van der Waals surface area (Å²) in [6.07, 6.45) is 6.49. The van der Waals surface area contributed by atoms with Crippen LogP contribution in [0.1, 0.15) is 32.1 Å². The van der Waals surface area contributed by atoms with Crippen molar-refractivity contribution in [3.63, 3.8) is 0 Å². The Balaban J connectivity index is 1.54. The van der Waals surface area contributed by atoms with Crippen LogP contribution in [0.15, 0.2) is 0 Å². The Morgan fingerprint density at radius 1 is 1.22 bits per heavy atom. The van der Waals surface area contributed by atoms with Crippen molar-refractivity contribution >= 4 is 0 Å². The topological polar surface area (TPSA) is 42.3 Å². The molecule has 3 fully saturated rings. The SMILES string of the molecule is CN1C2CCC1CN(CC(C#N)NC1CC1)CC2. The lowest BCUT2D eigenvalue weighted by Gasteiger charge is -2.27. The Bertz CT molecular complexity index is 333. The summed E-state index contributed by atoms with van der Waals surface area (Å²) >= 11 is 0. The largest absolute Gasteiger partial charge is 0.299 e. The summed E-state index contributed by atoms with van der Waals surface area (Å²) in [7, 11) is 2.27. The molecule has 0 radical (unpaired) electrons. The van der Waals surface area contributed by atoms with Crippen LogP contribution < -0.4 is 5.32 Å². The molecule has 3 aliphatic rings. The van der Waals surface area contributed by atoms with E-state index in [1.807, 2.05) is 0 Å². The van der Waals surface area contributed by atoms with Gasteiger partial charge in [0.15, 0.2) is 0 Å². The summed E-state index contributed by atoms with van der Waals surface area (Å²) in [4.78, 5) is 5.07. The van der Waals surface area contributed by atoms with E-state index in [-0.39, 0.29) is 6.04 Å². The number of hydrogen-bond donors (Lipinski definition) is 1. The number of likely N-dealkylation sites (tertiary alicyclic amines) is 1. The zero-order chi connectivity index (χ0) is 12.5. The molecule has 3 unspecified atom stereocenters. The first-order valence-corrected chi connectivity index (χ1v) is 7.36. The van der Waals surface area contributed by atoms with Gasteiger partial charge in [-0.05, 0) is 45.7 Å². The molecular formula is C14H24N4. The fraction of sp³-hybridized carbons (Fsp3) is 0.929. The monoisotopic (exact) mass is 248 g/mol. The summed E-state index contributed by atoms with van der Waals surface area (Å²) in [5.74, 6) is 0. The van der Waals surface area contributed by atoms with Gasteiger partial charge < -0.3 is 0 Å². The molecule has 2 heterocycles. The molecule has 0 spiro atoms. The predicted octanol–water partition coefficient (Wildman–Crippen LogP) is 0.799. The van der Waals surface area contributed by atoms with Gasteiger partial charge in [0.05, 0.1) is 6.07 Å². The fourth-order valence-corrected chi connectivity index (χ4v) is 3.47. The highest BCUT2D eigenvalue weighted by Gasteiger charge is 2.35. The zero-order valence-electron chi connectivity index (χ0n) is 11.3. The molecule has 0 aromatic rings. The summed E-state index contributed by atoms with van der Waals surface area (Å²) in [6, 6.07) is 4.59. The Kier molecular flexibility index (Phi) is 3.56. The van der Waals surface area contributed by atoms with Crippen molar-refractivity contribution in [1.29, 1.82) is 5.26 Å². The van der Waals surface area contributed by atoms with Gasteiger partial charge in [0.1, 0.15) is 6.04 Å². The maximum absolute atomic E-state index is 9.24. The number of nitriles is 1. The van der Waals surface area contributed by atoms with Gasteiger partial charge in [-0.15, -0.1) is 0 Å². The molecule has 4 heteroatoms. The minimum absolute atomic E-state index is 0.0273. The Hall–Kier alpha value is -0.630. The van der Waals surface area contributed by atoms with Gasteiger partial charge in [0.2, 0.25) is 0 Å². The van der Waals surface area contributed by atoms with Crippen LogP contribution in [0.3, 0.4) is 0 Å². The number of rotatable bonds is 4. The van der Waals surface area contributed by atoms with Crippen LogP contribution in [0, 0.1) is 11.3 Å². The van der Waals surface area contributed by atoms with Crippen molar-refractivity contribution in [2.24, 2.45) is 0 Å². The van der Waals surface area contributed by atoms with Crippen molar-refractivity contribution in [2.75, 3.05) is 26.7 Å². The molecule has 2 saturated heterocycles. The van der Waals surface area contributed by atoms with Crippen molar-refractivity contribution in [3.05, 3.63) is 0 Å². The van der Waals surface area contributed by atoms with E-state index in [0.717, 1.165) is 31.7 Å². The van der Waals surface area contributed by atoms with Gasteiger partial charge in [-0.1, -0.05) is 0 Å². The van der Waals surface area contributed by atoms with E-state index < -0.39 is 0 Å². The summed E-state index contributed by atoms with van der Waals surface area (Å²) in [5, 5.41) is 12.7. The minimum Gasteiger partial charge on any atom is -0.299 e. The first-order chi connectivity index (χ1) is 8.76. The van der Waals surface area contributed by atoms with Crippen molar-refractivity contribution in [2.45, 2.75) is 56.3 Å². The molecule has 2 bridgehead atoms. The normalized spacial score (nSPS) is 35.1. The highest BCUT2D eigenvalue weighted by atomic mass is 15.3. The number of hydrogen-bond acceptors (Lipinski definition) is 4. The molecule has 18 heavy (non-hydrogen) atoms. The highest BCUT2D eigenvalue weighted by molar-refractivity contribution is 4.99. The Morgan fingerprint density at radius 2 is 2.00 bits per heavy atom. The van der Waals surface area contributed by atoms with E-state index in [9.17, 15) is 5.26 Å². The van der Waals surface area contributed by atoms with Crippen molar-refractivity contribution < 1.29 is 0 Å². The van der Waals surface area contributed by atoms with Crippen LogP contribution in [0.25, 0.3) is 0 Å². The molecule has 0 aromatic heterocycles. The molecule has 3 rings (SSSR count). The molecule has 1 aliphatic carbocycles. The second-order valence-electron chi connectivity index (χ2n) is 6.22. The van der Waals surface area contributed by atoms with Crippen LogP contribution in [-0.2, 0) is 0 Å². The standard InChI is InChI=1S/C14H24N4/c1-17-13-4-5-14(17)10-18(7-6-13)9-12(8-15)16-11-2-3-11/h11-14,16H,2-7,9-10H2,1H3.